The quantitative estimate of drug-likeness (QED) is 0.617. The molecule has 0 bridgehead atoms. The highest BCUT2D eigenvalue weighted by Gasteiger charge is 2.07. The SMILES string of the molecule is CCNc1nc(C)cc(Nc2ccc(NC(=O)c3cccs3)cc2)n1. The lowest BCUT2D eigenvalue weighted by atomic mass is 10.2. The number of thiophene rings is 1. The van der Waals surface area contributed by atoms with Gasteiger partial charge in [0.1, 0.15) is 5.82 Å². The minimum absolute atomic E-state index is 0.0996. The Kier molecular flexibility index (Phi) is 5.25. The van der Waals surface area contributed by atoms with E-state index in [1.54, 1.807) is 6.07 Å². The molecule has 7 heteroatoms. The molecule has 0 aliphatic heterocycles. The smallest absolute Gasteiger partial charge is 0.265 e. The van der Waals surface area contributed by atoms with E-state index < -0.39 is 0 Å². The number of anilines is 4. The zero-order valence-electron chi connectivity index (χ0n) is 14.0. The van der Waals surface area contributed by atoms with Crippen molar-refractivity contribution < 1.29 is 4.79 Å². The molecule has 0 aliphatic carbocycles. The van der Waals surface area contributed by atoms with Crippen LogP contribution in [0.15, 0.2) is 47.8 Å². The minimum atomic E-state index is -0.0996. The Hall–Kier alpha value is -2.93. The molecule has 0 saturated heterocycles. The second kappa shape index (κ2) is 7.76. The van der Waals surface area contributed by atoms with Gasteiger partial charge in [-0.15, -0.1) is 11.3 Å². The van der Waals surface area contributed by atoms with Gasteiger partial charge in [-0.2, -0.15) is 4.98 Å². The van der Waals surface area contributed by atoms with E-state index in [4.69, 9.17) is 0 Å². The number of amides is 1. The summed E-state index contributed by atoms with van der Waals surface area (Å²) in [7, 11) is 0. The monoisotopic (exact) mass is 353 g/mol. The fourth-order valence-electron chi connectivity index (χ4n) is 2.25. The topological polar surface area (TPSA) is 78.9 Å². The molecular weight excluding hydrogens is 334 g/mol. The molecule has 2 heterocycles. The largest absolute Gasteiger partial charge is 0.354 e. The molecule has 3 N–H and O–H groups in total. The van der Waals surface area contributed by atoms with Crippen LogP contribution in [0.5, 0.6) is 0 Å². The average Bonchev–Trinajstić information content (AvgIpc) is 3.11. The Labute approximate surface area is 150 Å². The van der Waals surface area contributed by atoms with Crippen LogP contribution in [0.2, 0.25) is 0 Å². The van der Waals surface area contributed by atoms with Crippen LogP contribution in [-0.4, -0.2) is 22.4 Å². The number of aryl methyl sites for hydroxylation is 1. The van der Waals surface area contributed by atoms with Gasteiger partial charge in [-0.3, -0.25) is 4.79 Å². The van der Waals surface area contributed by atoms with Gasteiger partial charge in [0.25, 0.3) is 5.91 Å². The second-order valence-electron chi connectivity index (χ2n) is 5.38. The normalized spacial score (nSPS) is 10.3. The molecule has 3 rings (SSSR count). The average molecular weight is 353 g/mol. The summed E-state index contributed by atoms with van der Waals surface area (Å²) in [6.07, 6.45) is 0. The summed E-state index contributed by atoms with van der Waals surface area (Å²) in [5.74, 6) is 1.22. The van der Waals surface area contributed by atoms with E-state index in [1.165, 1.54) is 11.3 Å². The van der Waals surface area contributed by atoms with Gasteiger partial charge in [-0.1, -0.05) is 6.07 Å². The fourth-order valence-corrected chi connectivity index (χ4v) is 2.87. The van der Waals surface area contributed by atoms with Crippen LogP contribution in [-0.2, 0) is 0 Å². The first-order valence-corrected chi connectivity index (χ1v) is 8.83. The summed E-state index contributed by atoms with van der Waals surface area (Å²) in [5, 5.41) is 11.1. The number of aromatic nitrogens is 2. The highest BCUT2D eigenvalue weighted by molar-refractivity contribution is 7.12. The molecule has 6 nitrogen and oxygen atoms in total. The van der Waals surface area contributed by atoms with Gasteiger partial charge >= 0.3 is 0 Å². The summed E-state index contributed by atoms with van der Waals surface area (Å²) in [6.45, 7) is 4.69. The molecular formula is C18H19N5OS. The number of carbonyl (C=O) groups excluding carboxylic acids is 1. The third-order valence-electron chi connectivity index (χ3n) is 3.35. The van der Waals surface area contributed by atoms with Crippen LogP contribution in [0.3, 0.4) is 0 Å². The minimum Gasteiger partial charge on any atom is -0.354 e. The molecule has 0 atom stereocenters. The number of nitrogens with zero attached hydrogens (tertiary/aromatic N) is 2. The Morgan fingerprint density at radius 3 is 2.56 bits per heavy atom. The summed E-state index contributed by atoms with van der Waals surface area (Å²) in [6, 6.07) is 13.0. The maximum absolute atomic E-state index is 12.0. The Morgan fingerprint density at radius 2 is 1.88 bits per heavy atom. The number of nitrogens with one attached hydrogen (secondary N) is 3. The van der Waals surface area contributed by atoms with Crippen LogP contribution in [0, 0.1) is 6.92 Å². The summed E-state index contributed by atoms with van der Waals surface area (Å²) in [4.78, 5) is 21.5. The molecule has 128 valence electrons. The molecule has 25 heavy (non-hydrogen) atoms. The first-order chi connectivity index (χ1) is 12.1. The van der Waals surface area contributed by atoms with Gasteiger partial charge in [-0.05, 0) is 49.6 Å². The lowest BCUT2D eigenvalue weighted by Crippen LogP contribution is -2.10. The standard InChI is InChI=1S/C18H19N5OS/c1-3-19-18-20-12(2)11-16(23-18)21-13-6-8-14(9-7-13)22-17(24)15-5-4-10-25-15/h4-11H,3H2,1-2H3,(H,22,24)(H2,19,20,21,23). The highest BCUT2D eigenvalue weighted by atomic mass is 32.1. The van der Waals surface area contributed by atoms with Gasteiger partial charge in [0.05, 0.1) is 4.88 Å². The Morgan fingerprint density at radius 1 is 1.12 bits per heavy atom. The molecule has 0 saturated carbocycles. The molecule has 0 radical (unpaired) electrons. The van der Waals surface area contributed by atoms with E-state index in [0.29, 0.717) is 10.8 Å². The van der Waals surface area contributed by atoms with Crippen molar-refractivity contribution in [1.82, 2.24) is 9.97 Å². The van der Waals surface area contributed by atoms with E-state index in [0.717, 1.165) is 29.4 Å². The molecule has 0 fully saturated rings. The molecule has 2 aromatic heterocycles. The zero-order chi connectivity index (χ0) is 17.6. The van der Waals surface area contributed by atoms with E-state index >= 15 is 0 Å². The fraction of sp³-hybridized carbons (Fsp3) is 0.167. The third kappa shape index (κ3) is 4.54. The van der Waals surface area contributed by atoms with Crippen molar-refractivity contribution in [2.45, 2.75) is 13.8 Å². The molecule has 0 unspecified atom stereocenters. The van der Waals surface area contributed by atoms with Gasteiger partial charge in [0, 0.05) is 29.7 Å². The summed E-state index contributed by atoms with van der Waals surface area (Å²) >= 11 is 1.42. The van der Waals surface area contributed by atoms with Gasteiger partial charge in [0.2, 0.25) is 5.95 Å². The second-order valence-corrected chi connectivity index (χ2v) is 6.33. The van der Waals surface area contributed by atoms with Crippen molar-refractivity contribution >= 4 is 40.4 Å². The lowest BCUT2D eigenvalue weighted by Gasteiger charge is -2.10. The summed E-state index contributed by atoms with van der Waals surface area (Å²) in [5.41, 5.74) is 2.51. The molecule has 0 spiro atoms. The van der Waals surface area contributed by atoms with Crippen molar-refractivity contribution in [3.8, 4) is 0 Å². The van der Waals surface area contributed by atoms with Crippen LogP contribution in [0.25, 0.3) is 0 Å². The Bertz CT molecular complexity index is 846. The maximum atomic E-state index is 12.0. The lowest BCUT2D eigenvalue weighted by molar-refractivity contribution is 0.103. The number of benzene rings is 1. The van der Waals surface area contributed by atoms with E-state index in [9.17, 15) is 4.79 Å². The van der Waals surface area contributed by atoms with Crippen molar-refractivity contribution in [2.75, 3.05) is 22.5 Å². The van der Waals surface area contributed by atoms with Crippen molar-refractivity contribution in [3.63, 3.8) is 0 Å². The van der Waals surface area contributed by atoms with Gasteiger partial charge < -0.3 is 16.0 Å². The van der Waals surface area contributed by atoms with Crippen molar-refractivity contribution in [2.24, 2.45) is 0 Å². The highest BCUT2D eigenvalue weighted by Crippen LogP contribution is 2.20. The van der Waals surface area contributed by atoms with E-state index in [2.05, 4.69) is 25.9 Å². The molecule has 0 aliphatic rings. The molecule has 1 amide bonds. The summed E-state index contributed by atoms with van der Waals surface area (Å²) < 4.78 is 0. The van der Waals surface area contributed by atoms with Crippen molar-refractivity contribution in [1.29, 1.82) is 0 Å². The maximum Gasteiger partial charge on any atom is 0.265 e. The van der Waals surface area contributed by atoms with Gasteiger partial charge in [0.15, 0.2) is 0 Å². The number of hydrogen-bond acceptors (Lipinski definition) is 6. The van der Waals surface area contributed by atoms with Crippen molar-refractivity contribution in [3.05, 3.63) is 58.4 Å². The predicted octanol–water partition coefficient (Wildman–Crippen LogP) is 4.27. The van der Waals surface area contributed by atoms with E-state index in [-0.39, 0.29) is 5.91 Å². The number of carbonyl (C=O) groups is 1. The Balaban J connectivity index is 1.67. The van der Waals surface area contributed by atoms with Crippen LogP contribution >= 0.6 is 11.3 Å². The first kappa shape index (κ1) is 16.9. The zero-order valence-corrected chi connectivity index (χ0v) is 14.9. The van der Waals surface area contributed by atoms with Crippen LogP contribution in [0.1, 0.15) is 22.3 Å². The van der Waals surface area contributed by atoms with Crippen LogP contribution in [0.4, 0.5) is 23.1 Å². The van der Waals surface area contributed by atoms with E-state index in [1.807, 2.05) is 55.6 Å². The third-order valence-corrected chi connectivity index (χ3v) is 4.22. The predicted molar refractivity (Wildman–Crippen MR) is 103 cm³/mol. The number of rotatable bonds is 6. The van der Waals surface area contributed by atoms with Gasteiger partial charge in [-0.25, -0.2) is 4.98 Å². The molecule has 3 aromatic rings. The van der Waals surface area contributed by atoms with Crippen LogP contribution < -0.4 is 16.0 Å². The first-order valence-electron chi connectivity index (χ1n) is 7.95. The number of hydrogen-bond donors (Lipinski definition) is 3. The molecule has 1 aromatic carbocycles.